The quantitative estimate of drug-likeness (QED) is 0.782. The van der Waals surface area contributed by atoms with Gasteiger partial charge in [0.05, 0.1) is 25.0 Å². The van der Waals surface area contributed by atoms with Crippen LogP contribution in [-0.2, 0) is 20.9 Å². The zero-order valence-corrected chi connectivity index (χ0v) is 14.4. The molecule has 0 saturated carbocycles. The highest BCUT2D eigenvalue weighted by Gasteiger charge is 2.20. The van der Waals surface area contributed by atoms with Crippen LogP contribution in [0.4, 0.5) is 5.69 Å². The molecule has 6 nitrogen and oxygen atoms in total. The lowest BCUT2D eigenvalue weighted by molar-refractivity contribution is -0.123. The molecule has 2 rings (SSSR count). The van der Waals surface area contributed by atoms with Crippen molar-refractivity contribution in [3.8, 4) is 5.75 Å². The number of carbonyl (C=O) groups is 2. The normalized spacial score (nSPS) is 11.5. The molecule has 1 amide bonds. The molecular formula is C19H21NO5. The summed E-state index contributed by atoms with van der Waals surface area (Å²) in [6.45, 7) is 1.91. The molecule has 0 aliphatic rings. The molecule has 0 bridgehead atoms. The van der Waals surface area contributed by atoms with E-state index in [0.29, 0.717) is 23.6 Å². The summed E-state index contributed by atoms with van der Waals surface area (Å²) in [5.41, 5.74) is 1.73. The third-order valence-electron chi connectivity index (χ3n) is 3.49. The van der Waals surface area contributed by atoms with E-state index in [2.05, 4.69) is 5.32 Å². The zero-order chi connectivity index (χ0) is 18.2. The Kier molecular flexibility index (Phi) is 6.54. The van der Waals surface area contributed by atoms with E-state index in [0.717, 1.165) is 5.56 Å². The number of rotatable bonds is 7. The highest BCUT2D eigenvalue weighted by molar-refractivity contribution is 5.98. The number of benzene rings is 2. The number of methoxy groups -OCH3 is 2. The molecule has 0 fully saturated rings. The van der Waals surface area contributed by atoms with Crippen molar-refractivity contribution in [3.05, 3.63) is 59.7 Å². The van der Waals surface area contributed by atoms with Gasteiger partial charge in [0.1, 0.15) is 5.75 Å². The summed E-state index contributed by atoms with van der Waals surface area (Å²) >= 11 is 0. The number of esters is 1. The van der Waals surface area contributed by atoms with E-state index < -0.39 is 18.0 Å². The number of carbonyl (C=O) groups excluding carboxylic acids is 2. The lowest BCUT2D eigenvalue weighted by Gasteiger charge is -2.15. The molecule has 6 heteroatoms. The van der Waals surface area contributed by atoms with Crippen molar-refractivity contribution in [1.82, 2.24) is 0 Å². The largest absolute Gasteiger partial charge is 0.495 e. The number of hydrogen-bond acceptors (Lipinski definition) is 5. The molecule has 0 aromatic heterocycles. The van der Waals surface area contributed by atoms with E-state index in [4.69, 9.17) is 14.2 Å². The Morgan fingerprint density at radius 2 is 1.84 bits per heavy atom. The van der Waals surface area contributed by atoms with E-state index in [9.17, 15) is 9.59 Å². The number of nitrogens with one attached hydrogen (secondary N) is 1. The maximum Gasteiger partial charge on any atom is 0.338 e. The Balaban J connectivity index is 2.00. The SMILES string of the molecule is COCc1cccc(C(=O)O[C@H](C)C(=O)Nc2ccccc2OC)c1. The molecule has 1 atom stereocenters. The van der Waals surface area contributed by atoms with Gasteiger partial charge in [0.15, 0.2) is 6.10 Å². The molecule has 132 valence electrons. The molecule has 0 unspecified atom stereocenters. The van der Waals surface area contributed by atoms with E-state index in [1.54, 1.807) is 49.6 Å². The van der Waals surface area contributed by atoms with Crippen molar-refractivity contribution < 1.29 is 23.8 Å². The van der Waals surface area contributed by atoms with Crippen LogP contribution < -0.4 is 10.1 Å². The molecule has 2 aromatic rings. The van der Waals surface area contributed by atoms with Crippen LogP contribution >= 0.6 is 0 Å². The molecule has 0 radical (unpaired) electrons. The molecule has 1 N–H and O–H groups in total. The third-order valence-corrected chi connectivity index (χ3v) is 3.49. The van der Waals surface area contributed by atoms with E-state index in [-0.39, 0.29) is 0 Å². The van der Waals surface area contributed by atoms with Crippen LogP contribution in [0.5, 0.6) is 5.75 Å². The molecule has 0 heterocycles. The van der Waals surface area contributed by atoms with Crippen LogP contribution in [0.25, 0.3) is 0 Å². The molecule has 0 saturated heterocycles. The Bertz CT molecular complexity index is 744. The van der Waals surface area contributed by atoms with Crippen molar-refractivity contribution in [2.75, 3.05) is 19.5 Å². The second kappa shape index (κ2) is 8.84. The van der Waals surface area contributed by atoms with Crippen LogP contribution in [-0.4, -0.2) is 32.2 Å². The Labute approximate surface area is 146 Å². The minimum atomic E-state index is -0.955. The first-order valence-corrected chi connectivity index (χ1v) is 7.78. The van der Waals surface area contributed by atoms with Crippen molar-refractivity contribution in [2.24, 2.45) is 0 Å². The van der Waals surface area contributed by atoms with Gasteiger partial charge in [-0.25, -0.2) is 4.79 Å². The molecule has 2 aromatic carbocycles. The number of amides is 1. The topological polar surface area (TPSA) is 73.9 Å². The second-order valence-corrected chi connectivity index (χ2v) is 5.37. The summed E-state index contributed by atoms with van der Waals surface area (Å²) in [7, 11) is 3.09. The fourth-order valence-corrected chi connectivity index (χ4v) is 2.22. The van der Waals surface area contributed by atoms with Gasteiger partial charge in [-0.05, 0) is 36.8 Å². The van der Waals surface area contributed by atoms with Gasteiger partial charge in [0.2, 0.25) is 0 Å². The van der Waals surface area contributed by atoms with Gasteiger partial charge in [-0.1, -0.05) is 24.3 Å². The fraction of sp³-hybridized carbons (Fsp3) is 0.263. The number of hydrogen-bond donors (Lipinski definition) is 1. The van der Waals surface area contributed by atoms with Crippen molar-refractivity contribution in [2.45, 2.75) is 19.6 Å². The van der Waals surface area contributed by atoms with Crippen molar-refractivity contribution >= 4 is 17.6 Å². The second-order valence-electron chi connectivity index (χ2n) is 5.37. The van der Waals surface area contributed by atoms with Crippen molar-refractivity contribution in [3.63, 3.8) is 0 Å². The average molecular weight is 343 g/mol. The highest BCUT2D eigenvalue weighted by Crippen LogP contribution is 2.23. The van der Waals surface area contributed by atoms with Crippen LogP contribution in [0.3, 0.4) is 0 Å². The molecule has 0 spiro atoms. The zero-order valence-electron chi connectivity index (χ0n) is 14.4. The third kappa shape index (κ3) is 5.06. The standard InChI is InChI=1S/C19H21NO5/c1-13(18(21)20-16-9-4-5-10-17(16)24-3)25-19(22)15-8-6-7-14(11-15)12-23-2/h4-11,13H,12H2,1-3H3,(H,20,21)/t13-/m1/s1. The molecular weight excluding hydrogens is 322 g/mol. The van der Waals surface area contributed by atoms with Gasteiger partial charge in [0.25, 0.3) is 5.91 Å². The first-order chi connectivity index (χ1) is 12.0. The number of para-hydroxylation sites is 2. The predicted molar refractivity (Wildman–Crippen MR) is 93.7 cm³/mol. The average Bonchev–Trinajstić information content (AvgIpc) is 2.62. The summed E-state index contributed by atoms with van der Waals surface area (Å²) in [6, 6.07) is 13.9. The molecule has 0 aliphatic heterocycles. The maximum atomic E-state index is 12.3. The van der Waals surface area contributed by atoms with Gasteiger partial charge in [-0.3, -0.25) is 4.79 Å². The van der Waals surface area contributed by atoms with Crippen LogP contribution in [0.15, 0.2) is 48.5 Å². The van der Waals surface area contributed by atoms with Crippen molar-refractivity contribution in [1.29, 1.82) is 0 Å². The Morgan fingerprint density at radius 3 is 2.56 bits per heavy atom. The molecule has 0 aliphatic carbocycles. The minimum absolute atomic E-state index is 0.367. The monoisotopic (exact) mass is 343 g/mol. The van der Waals surface area contributed by atoms with Gasteiger partial charge in [-0.2, -0.15) is 0 Å². The predicted octanol–water partition coefficient (Wildman–Crippen LogP) is 3.03. The minimum Gasteiger partial charge on any atom is -0.495 e. The summed E-state index contributed by atoms with van der Waals surface area (Å²) < 4.78 is 15.5. The number of ether oxygens (including phenoxy) is 3. The lowest BCUT2D eigenvalue weighted by Crippen LogP contribution is -2.30. The van der Waals surface area contributed by atoms with Gasteiger partial charge in [0, 0.05) is 7.11 Å². The highest BCUT2D eigenvalue weighted by atomic mass is 16.5. The van der Waals surface area contributed by atoms with Crippen LogP contribution in [0.1, 0.15) is 22.8 Å². The van der Waals surface area contributed by atoms with Crippen LogP contribution in [0, 0.1) is 0 Å². The Hall–Kier alpha value is -2.86. The van der Waals surface area contributed by atoms with E-state index in [1.807, 2.05) is 6.07 Å². The van der Waals surface area contributed by atoms with Gasteiger partial charge in [-0.15, -0.1) is 0 Å². The first kappa shape index (κ1) is 18.5. The first-order valence-electron chi connectivity index (χ1n) is 7.78. The summed E-state index contributed by atoms with van der Waals surface area (Å²) in [5.74, 6) is -0.479. The van der Waals surface area contributed by atoms with Gasteiger partial charge >= 0.3 is 5.97 Å². The van der Waals surface area contributed by atoms with E-state index in [1.165, 1.54) is 14.0 Å². The Morgan fingerprint density at radius 1 is 1.08 bits per heavy atom. The number of anilines is 1. The van der Waals surface area contributed by atoms with Crippen LogP contribution in [0.2, 0.25) is 0 Å². The summed E-state index contributed by atoms with van der Waals surface area (Å²) in [6.07, 6.45) is -0.955. The lowest BCUT2D eigenvalue weighted by atomic mass is 10.1. The van der Waals surface area contributed by atoms with Gasteiger partial charge < -0.3 is 19.5 Å². The fourth-order valence-electron chi connectivity index (χ4n) is 2.22. The molecule has 25 heavy (non-hydrogen) atoms. The van der Waals surface area contributed by atoms with E-state index >= 15 is 0 Å². The maximum absolute atomic E-state index is 12.3. The summed E-state index contributed by atoms with van der Waals surface area (Å²) in [5, 5.41) is 2.69. The summed E-state index contributed by atoms with van der Waals surface area (Å²) in [4.78, 5) is 24.5. The smallest absolute Gasteiger partial charge is 0.338 e.